The Bertz CT molecular complexity index is 893. The molecule has 3 aromatic rings. The summed E-state index contributed by atoms with van der Waals surface area (Å²) < 4.78 is 10.6. The van der Waals surface area contributed by atoms with E-state index < -0.39 is 5.97 Å². The number of fused-ring (bicyclic) bond motifs is 1. The van der Waals surface area contributed by atoms with Crippen molar-refractivity contribution in [1.82, 2.24) is 0 Å². The number of para-hydroxylation sites is 1. The van der Waals surface area contributed by atoms with E-state index in [1.807, 2.05) is 31.2 Å². The van der Waals surface area contributed by atoms with Gasteiger partial charge < -0.3 is 9.15 Å². The van der Waals surface area contributed by atoms with E-state index in [4.69, 9.17) is 9.15 Å². The van der Waals surface area contributed by atoms with Gasteiger partial charge in [-0.25, -0.2) is 4.79 Å². The van der Waals surface area contributed by atoms with Gasteiger partial charge in [0, 0.05) is 6.07 Å². The Balaban J connectivity index is 1.82. The fraction of sp³-hybridized carbons (Fsp3) is 0.111. The van der Waals surface area contributed by atoms with Crippen LogP contribution >= 0.6 is 0 Å². The standard InChI is InChI=1S/C18H14O4/c1-12-5-4-6-13(9-12)11-21-18(20)17-10-15(19)14-7-2-3-8-16(14)22-17/h2-10H,11H2,1H3. The molecule has 0 saturated heterocycles. The fourth-order valence-electron chi connectivity index (χ4n) is 2.23. The van der Waals surface area contributed by atoms with Crippen molar-refractivity contribution in [2.75, 3.05) is 0 Å². The predicted octanol–water partition coefficient (Wildman–Crippen LogP) is 3.46. The summed E-state index contributed by atoms with van der Waals surface area (Å²) in [4.78, 5) is 24.0. The number of carbonyl (C=O) groups is 1. The van der Waals surface area contributed by atoms with Crippen molar-refractivity contribution in [3.8, 4) is 0 Å². The molecule has 22 heavy (non-hydrogen) atoms. The number of esters is 1. The highest BCUT2D eigenvalue weighted by Crippen LogP contribution is 2.13. The van der Waals surface area contributed by atoms with Gasteiger partial charge in [-0.3, -0.25) is 4.79 Å². The SMILES string of the molecule is Cc1cccc(COC(=O)c2cc(=O)c3ccccc3o2)c1. The molecule has 0 aliphatic carbocycles. The van der Waals surface area contributed by atoms with Gasteiger partial charge >= 0.3 is 5.97 Å². The Hall–Kier alpha value is -2.88. The minimum Gasteiger partial charge on any atom is -0.455 e. The lowest BCUT2D eigenvalue weighted by atomic mass is 10.1. The molecule has 4 nitrogen and oxygen atoms in total. The normalized spacial score (nSPS) is 10.6. The Morgan fingerprint density at radius 2 is 1.91 bits per heavy atom. The summed E-state index contributed by atoms with van der Waals surface area (Å²) in [5.41, 5.74) is 2.09. The topological polar surface area (TPSA) is 56.5 Å². The quantitative estimate of drug-likeness (QED) is 0.694. The number of ether oxygens (including phenoxy) is 1. The minimum atomic E-state index is -0.649. The van der Waals surface area contributed by atoms with Crippen LogP contribution in [0.4, 0.5) is 0 Å². The first kappa shape index (κ1) is 14.1. The molecular weight excluding hydrogens is 280 g/mol. The maximum Gasteiger partial charge on any atom is 0.374 e. The van der Waals surface area contributed by atoms with E-state index >= 15 is 0 Å². The van der Waals surface area contributed by atoms with Gasteiger partial charge in [0.2, 0.25) is 5.76 Å². The van der Waals surface area contributed by atoms with Crippen LogP contribution in [-0.2, 0) is 11.3 Å². The van der Waals surface area contributed by atoms with E-state index in [1.54, 1.807) is 24.3 Å². The van der Waals surface area contributed by atoms with E-state index in [9.17, 15) is 9.59 Å². The maximum absolute atomic E-state index is 12.0. The maximum atomic E-state index is 12.0. The Morgan fingerprint density at radius 3 is 2.73 bits per heavy atom. The summed E-state index contributed by atoms with van der Waals surface area (Å²) in [6.45, 7) is 2.10. The first-order valence-corrected chi connectivity index (χ1v) is 6.89. The molecule has 0 N–H and O–H groups in total. The van der Waals surface area contributed by atoms with Crippen LogP contribution in [0.1, 0.15) is 21.7 Å². The summed E-state index contributed by atoms with van der Waals surface area (Å²) >= 11 is 0. The van der Waals surface area contributed by atoms with Crippen molar-refractivity contribution in [1.29, 1.82) is 0 Å². The number of benzene rings is 2. The lowest BCUT2D eigenvalue weighted by molar-refractivity contribution is 0.0436. The van der Waals surface area contributed by atoms with Gasteiger partial charge in [0.05, 0.1) is 5.39 Å². The molecule has 2 aromatic carbocycles. The predicted molar refractivity (Wildman–Crippen MR) is 82.8 cm³/mol. The summed E-state index contributed by atoms with van der Waals surface area (Å²) in [5, 5.41) is 0.442. The van der Waals surface area contributed by atoms with E-state index in [1.165, 1.54) is 6.07 Å². The smallest absolute Gasteiger partial charge is 0.374 e. The summed E-state index contributed by atoms with van der Waals surface area (Å²) in [6.07, 6.45) is 0. The Kier molecular flexibility index (Phi) is 3.74. The van der Waals surface area contributed by atoms with E-state index in [-0.39, 0.29) is 17.8 Å². The van der Waals surface area contributed by atoms with Gasteiger partial charge in [-0.1, -0.05) is 42.0 Å². The van der Waals surface area contributed by atoms with Gasteiger partial charge in [-0.15, -0.1) is 0 Å². The molecule has 1 heterocycles. The molecule has 110 valence electrons. The third-order valence-corrected chi connectivity index (χ3v) is 3.29. The number of carbonyl (C=O) groups excluding carboxylic acids is 1. The van der Waals surface area contributed by atoms with Gasteiger partial charge in [-0.2, -0.15) is 0 Å². The minimum absolute atomic E-state index is 0.0867. The molecule has 0 atom stereocenters. The van der Waals surface area contributed by atoms with Crippen LogP contribution in [0, 0.1) is 6.92 Å². The van der Waals surface area contributed by atoms with Gasteiger partial charge in [0.25, 0.3) is 0 Å². The van der Waals surface area contributed by atoms with Crippen LogP contribution in [0.25, 0.3) is 11.0 Å². The number of hydrogen-bond donors (Lipinski definition) is 0. The molecular formula is C18H14O4. The van der Waals surface area contributed by atoms with E-state index in [0.717, 1.165) is 11.1 Å². The lowest BCUT2D eigenvalue weighted by Crippen LogP contribution is -2.10. The highest BCUT2D eigenvalue weighted by atomic mass is 16.5. The van der Waals surface area contributed by atoms with Crippen molar-refractivity contribution < 1.29 is 13.9 Å². The molecule has 4 heteroatoms. The number of hydrogen-bond acceptors (Lipinski definition) is 4. The number of aryl methyl sites for hydroxylation is 1. The Morgan fingerprint density at radius 1 is 1.09 bits per heavy atom. The van der Waals surface area contributed by atoms with E-state index in [2.05, 4.69) is 0 Å². The molecule has 0 spiro atoms. The second kappa shape index (κ2) is 5.85. The van der Waals surface area contributed by atoms with Crippen LogP contribution in [0.2, 0.25) is 0 Å². The number of rotatable bonds is 3. The molecule has 0 bridgehead atoms. The van der Waals surface area contributed by atoms with Crippen LogP contribution < -0.4 is 5.43 Å². The van der Waals surface area contributed by atoms with Crippen LogP contribution in [0.5, 0.6) is 0 Å². The van der Waals surface area contributed by atoms with E-state index in [0.29, 0.717) is 11.0 Å². The molecule has 0 amide bonds. The molecule has 0 aliphatic heterocycles. The third-order valence-electron chi connectivity index (χ3n) is 3.29. The van der Waals surface area contributed by atoms with Gasteiger partial charge in [-0.05, 0) is 24.6 Å². The second-order valence-electron chi connectivity index (χ2n) is 5.04. The third kappa shape index (κ3) is 2.91. The molecule has 0 unspecified atom stereocenters. The van der Waals surface area contributed by atoms with Gasteiger partial charge in [0.15, 0.2) is 5.43 Å². The van der Waals surface area contributed by atoms with Crippen molar-refractivity contribution >= 4 is 16.9 Å². The van der Waals surface area contributed by atoms with Crippen LogP contribution in [-0.4, -0.2) is 5.97 Å². The zero-order valence-electron chi connectivity index (χ0n) is 12.0. The average Bonchev–Trinajstić information content (AvgIpc) is 2.52. The Labute approximate surface area is 127 Å². The average molecular weight is 294 g/mol. The highest BCUT2D eigenvalue weighted by Gasteiger charge is 2.13. The second-order valence-corrected chi connectivity index (χ2v) is 5.04. The zero-order valence-corrected chi connectivity index (χ0v) is 12.0. The highest BCUT2D eigenvalue weighted by molar-refractivity contribution is 5.88. The first-order valence-electron chi connectivity index (χ1n) is 6.89. The van der Waals surface area contributed by atoms with Crippen molar-refractivity contribution in [2.45, 2.75) is 13.5 Å². The summed E-state index contributed by atoms with van der Waals surface area (Å²) in [6, 6.07) is 15.6. The van der Waals surface area contributed by atoms with Crippen molar-refractivity contribution in [2.24, 2.45) is 0 Å². The summed E-state index contributed by atoms with van der Waals surface area (Å²) in [5.74, 6) is -0.735. The molecule has 0 fully saturated rings. The molecule has 0 aliphatic rings. The molecule has 0 radical (unpaired) electrons. The monoisotopic (exact) mass is 294 g/mol. The van der Waals surface area contributed by atoms with Crippen LogP contribution in [0.3, 0.4) is 0 Å². The van der Waals surface area contributed by atoms with Crippen molar-refractivity contribution in [3.05, 3.63) is 81.7 Å². The lowest BCUT2D eigenvalue weighted by Gasteiger charge is -2.05. The van der Waals surface area contributed by atoms with Gasteiger partial charge in [0.1, 0.15) is 12.2 Å². The molecule has 0 saturated carbocycles. The molecule has 3 rings (SSSR count). The van der Waals surface area contributed by atoms with Crippen LogP contribution in [0.15, 0.2) is 63.8 Å². The first-order chi connectivity index (χ1) is 10.6. The largest absolute Gasteiger partial charge is 0.455 e. The zero-order chi connectivity index (χ0) is 15.5. The summed E-state index contributed by atoms with van der Waals surface area (Å²) in [7, 11) is 0. The molecule has 1 aromatic heterocycles. The van der Waals surface area contributed by atoms with Crippen molar-refractivity contribution in [3.63, 3.8) is 0 Å². The fourth-order valence-corrected chi connectivity index (χ4v) is 2.23.